The quantitative estimate of drug-likeness (QED) is 0.101. The molecule has 0 aromatic heterocycles. The van der Waals surface area contributed by atoms with Crippen LogP contribution in [0.1, 0.15) is 144 Å². The molecule has 0 fully saturated rings. The molecule has 0 saturated carbocycles. The van der Waals surface area contributed by atoms with Crippen molar-refractivity contribution in [1.29, 1.82) is 0 Å². The summed E-state index contributed by atoms with van der Waals surface area (Å²) in [5.41, 5.74) is 0. The Morgan fingerprint density at radius 1 is 0.457 bits per heavy atom. The fourth-order valence-electron chi connectivity index (χ4n) is 3.51. The molecule has 0 atom stereocenters. The molecule has 0 aromatic rings. The molecular formula is C24H53NaO8S2. The Labute approximate surface area is 240 Å². The Morgan fingerprint density at radius 3 is 0.857 bits per heavy atom. The van der Waals surface area contributed by atoms with Crippen molar-refractivity contribution in [2.24, 2.45) is 0 Å². The van der Waals surface area contributed by atoms with Crippen molar-refractivity contribution in [3.63, 3.8) is 0 Å². The van der Waals surface area contributed by atoms with Crippen LogP contribution in [0.15, 0.2) is 0 Å². The molecule has 0 unspecified atom stereocenters. The van der Waals surface area contributed by atoms with E-state index < -0.39 is 20.8 Å². The van der Waals surface area contributed by atoms with Crippen molar-refractivity contribution in [2.45, 2.75) is 142 Å². The van der Waals surface area contributed by atoms with Gasteiger partial charge in [-0.15, -0.1) is 0 Å². The van der Waals surface area contributed by atoms with Crippen LogP contribution < -0.4 is 29.6 Å². The monoisotopic (exact) mass is 556 g/mol. The molecule has 0 radical (unpaired) electrons. The van der Waals surface area contributed by atoms with E-state index in [0.29, 0.717) is 12.8 Å². The third-order valence-corrected chi connectivity index (χ3v) is 6.39. The summed E-state index contributed by atoms with van der Waals surface area (Å²) in [6, 6.07) is 0. The van der Waals surface area contributed by atoms with Crippen LogP contribution >= 0.6 is 0 Å². The number of rotatable bonds is 24. The van der Waals surface area contributed by atoms with Crippen molar-refractivity contribution in [2.75, 3.05) is 13.2 Å². The molecule has 0 aliphatic carbocycles. The first-order valence-corrected chi connectivity index (χ1v) is 16.1. The number of hydrogen-bond acceptors (Lipinski definition) is 6. The molecule has 0 spiro atoms. The summed E-state index contributed by atoms with van der Waals surface area (Å²) >= 11 is 0. The van der Waals surface area contributed by atoms with Crippen LogP contribution in [0.4, 0.5) is 0 Å². The summed E-state index contributed by atoms with van der Waals surface area (Å²) in [7, 11) is -8.47. The Bertz CT molecular complexity index is 566. The van der Waals surface area contributed by atoms with E-state index in [-0.39, 0.29) is 44.2 Å². The van der Waals surface area contributed by atoms with Gasteiger partial charge in [0, 0.05) is 0 Å². The Hall–Kier alpha value is 0.740. The first-order valence-electron chi connectivity index (χ1n) is 13.4. The fourth-order valence-corrected chi connectivity index (χ4v) is 4.16. The molecule has 11 heteroatoms. The fraction of sp³-hybridized carbons (Fsp3) is 1.00. The molecule has 2 N–H and O–H groups in total. The average molecular weight is 557 g/mol. The van der Waals surface area contributed by atoms with E-state index in [9.17, 15) is 16.8 Å². The smallest absolute Gasteiger partial charge is 1.00 e. The van der Waals surface area contributed by atoms with Crippen molar-refractivity contribution in [3.05, 3.63) is 0 Å². The largest absolute Gasteiger partial charge is 1.00 e. The van der Waals surface area contributed by atoms with Crippen LogP contribution in [-0.4, -0.2) is 39.2 Å². The van der Waals surface area contributed by atoms with Crippen LogP contribution in [0.5, 0.6) is 0 Å². The van der Waals surface area contributed by atoms with Crippen molar-refractivity contribution in [1.82, 2.24) is 0 Å². The predicted molar refractivity (Wildman–Crippen MR) is 140 cm³/mol. The van der Waals surface area contributed by atoms with Crippen molar-refractivity contribution < 1.29 is 65.3 Å². The Balaban J connectivity index is -0.000000269. The molecule has 0 aliphatic rings. The van der Waals surface area contributed by atoms with Crippen LogP contribution in [-0.2, 0) is 29.2 Å². The minimum absolute atomic E-state index is 0. The van der Waals surface area contributed by atoms with E-state index in [2.05, 4.69) is 22.2 Å². The van der Waals surface area contributed by atoms with E-state index in [0.717, 1.165) is 25.7 Å². The zero-order valence-corrected chi connectivity index (χ0v) is 26.3. The van der Waals surface area contributed by atoms with Gasteiger partial charge in [0.2, 0.25) is 0 Å². The minimum Gasteiger partial charge on any atom is -1.00 e. The molecular weight excluding hydrogens is 503 g/mol. The molecule has 210 valence electrons. The van der Waals surface area contributed by atoms with E-state index in [1.165, 1.54) is 89.9 Å². The molecule has 0 aromatic carbocycles. The summed E-state index contributed by atoms with van der Waals surface area (Å²) in [6.45, 7) is 4.62. The molecule has 0 bridgehead atoms. The van der Waals surface area contributed by atoms with Crippen LogP contribution in [0, 0.1) is 0 Å². The molecule has 0 saturated heterocycles. The van der Waals surface area contributed by atoms with Crippen molar-refractivity contribution >= 4 is 20.8 Å². The molecule has 0 amide bonds. The van der Waals surface area contributed by atoms with Gasteiger partial charge < -0.3 is 1.43 Å². The van der Waals surface area contributed by atoms with E-state index in [1.54, 1.807) is 0 Å². The predicted octanol–water partition coefficient (Wildman–Crippen LogP) is 4.57. The van der Waals surface area contributed by atoms with Crippen LogP contribution in [0.3, 0.4) is 0 Å². The van der Waals surface area contributed by atoms with E-state index >= 15 is 0 Å². The van der Waals surface area contributed by atoms with Gasteiger partial charge in [0.15, 0.2) is 0 Å². The molecule has 0 heterocycles. The standard InChI is InChI=1S/2C12H26O4S.Na.H/c2*1-2-3-4-5-6-7-8-9-10-11-12-16-17(13,14)15;;/h2*2-12H2,1H3,(H,13,14,15);;/q;;+1;-1. The normalized spacial score (nSPS) is 11.5. The van der Waals surface area contributed by atoms with E-state index in [4.69, 9.17) is 9.11 Å². The van der Waals surface area contributed by atoms with Gasteiger partial charge in [-0.3, -0.25) is 9.11 Å². The molecule has 35 heavy (non-hydrogen) atoms. The number of hydrogen-bond donors (Lipinski definition) is 2. The molecule has 0 rings (SSSR count). The van der Waals surface area contributed by atoms with Gasteiger partial charge in [0.1, 0.15) is 0 Å². The summed E-state index contributed by atoms with van der Waals surface area (Å²) in [5.74, 6) is 0. The topological polar surface area (TPSA) is 127 Å². The van der Waals surface area contributed by atoms with Gasteiger partial charge in [-0.05, 0) is 12.8 Å². The maximum Gasteiger partial charge on any atom is 1.00 e. The second kappa shape index (κ2) is 29.3. The van der Waals surface area contributed by atoms with Gasteiger partial charge >= 0.3 is 50.4 Å². The Kier molecular flexibility index (Phi) is 33.7. The van der Waals surface area contributed by atoms with Crippen LogP contribution in [0.25, 0.3) is 0 Å². The van der Waals surface area contributed by atoms with Gasteiger partial charge in [-0.2, -0.15) is 16.8 Å². The van der Waals surface area contributed by atoms with Gasteiger partial charge in [0.25, 0.3) is 0 Å². The van der Waals surface area contributed by atoms with Crippen molar-refractivity contribution in [3.8, 4) is 0 Å². The zero-order chi connectivity index (χ0) is 26.0. The first kappa shape index (κ1) is 40.2. The summed E-state index contributed by atoms with van der Waals surface area (Å²) in [5, 5.41) is 0. The summed E-state index contributed by atoms with van der Waals surface area (Å²) < 4.78 is 66.0. The third-order valence-electron chi connectivity index (χ3n) is 5.46. The maximum absolute atomic E-state index is 10.2. The Morgan fingerprint density at radius 2 is 0.657 bits per heavy atom. The second-order valence-electron chi connectivity index (χ2n) is 8.86. The molecule has 0 aliphatic heterocycles. The van der Waals surface area contributed by atoms with Crippen LogP contribution in [0.2, 0.25) is 0 Å². The minimum atomic E-state index is -4.23. The first-order chi connectivity index (χ1) is 16.1. The SMILES string of the molecule is CCCCCCCCCCCCOS(=O)(=O)O.CCCCCCCCCCCCOS(=O)(=O)O.[H-].[Na+]. The third kappa shape index (κ3) is 45.1. The van der Waals surface area contributed by atoms with Gasteiger partial charge in [-0.1, -0.05) is 129 Å². The summed E-state index contributed by atoms with van der Waals surface area (Å²) in [4.78, 5) is 0. The zero-order valence-electron chi connectivity index (χ0n) is 23.7. The summed E-state index contributed by atoms with van der Waals surface area (Å²) in [6.07, 6.45) is 23.7. The second-order valence-corrected chi connectivity index (χ2v) is 11.0. The molecule has 8 nitrogen and oxygen atoms in total. The van der Waals surface area contributed by atoms with Gasteiger partial charge in [0.05, 0.1) is 13.2 Å². The maximum atomic E-state index is 10.2. The number of unbranched alkanes of at least 4 members (excludes halogenated alkanes) is 18. The van der Waals surface area contributed by atoms with E-state index in [1.807, 2.05) is 0 Å². The van der Waals surface area contributed by atoms with Gasteiger partial charge in [-0.25, -0.2) is 8.37 Å². The average Bonchev–Trinajstić information content (AvgIpc) is 2.75.